The van der Waals surface area contributed by atoms with Crippen LogP contribution < -0.4 is 5.73 Å². The molecular weight excluding hydrogens is 286 g/mol. The summed E-state index contributed by atoms with van der Waals surface area (Å²) >= 11 is 0. The summed E-state index contributed by atoms with van der Waals surface area (Å²) in [5.41, 5.74) is 8.22. The average Bonchev–Trinajstić information content (AvgIpc) is 2.91. The number of hydrogen-bond donors (Lipinski definition) is 1. The Morgan fingerprint density at radius 1 is 1.13 bits per heavy atom. The van der Waals surface area contributed by atoms with E-state index < -0.39 is 5.91 Å². The molecule has 3 aromatic rings. The minimum atomic E-state index is -0.715. The summed E-state index contributed by atoms with van der Waals surface area (Å²) in [6.45, 7) is 0.716. The van der Waals surface area contributed by atoms with Gasteiger partial charge in [0.05, 0.1) is 0 Å². The molecule has 1 aromatic heterocycles. The summed E-state index contributed by atoms with van der Waals surface area (Å²) in [4.78, 5) is 11.3. The lowest BCUT2D eigenvalue weighted by Crippen LogP contribution is -2.12. The van der Waals surface area contributed by atoms with E-state index in [-0.39, 0.29) is 5.57 Å². The zero-order chi connectivity index (χ0) is 16.2. The Hall–Kier alpha value is -3.32. The number of aromatic nitrogens is 1. The van der Waals surface area contributed by atoms with Crippen LogP contribution >= 0.6 is 0 Å². The number of amides is 1. The van der Waals surface area contributed by atoms with Crippen LogP contribution in [0.25, 0.3) is 17.0 Å². The van der Waals surface area contributed by atoms with Gasteiger partial charge in [0.15, 0.2) is 0 Å². The Bertz CT molecular complexity index is 930. The number of benzene rings is 2. The molecule has 3 rings (SSSR count). The zero-order valence-electron chi connectivity index (χ0n) is 12.4. The number of fused-ring (bicyclic) bond motifs is 1. The lowest BCUT2D eigenvalue weighted by Gasteiger charge is -2.05. The lowest BCUT2D eigenvalue weighted by molar-refractivity contribution is -0.114. The van der Waals surface area contributed by atoms with Gasteiger partial charge in [-0.25, -0.2) is 0 Å². The summed E-state index contributed by atoms with van der Waals surface area (Å²) in [5.74, 6) is -0.715. The summed E-state index contributed by atoms with van der Waals surface area (Å²) in [5, 5.41) is 10.0. The highest BCUT2D eigenvalue weighted by Crippen LogP contribution is 2.24. The standard InChI is InChI=1S/C19H15N3O/c20-11-15(19(21)23)10-16-13-22(12-14-6-2-1-3-7-14)18-9-5-4-8-17(16)18/h1-10,13H,12H2,(H2,21,23)/b15-10-. The first-order valence-electron chi connectivity index (χ1n) is 7.22. The molecule has 0 bridgehead atoms. The van der Waals surface area contributed by atoms with Crippen molar-refractivity contribution in [2.24, 2.45) is 5.73 Å². The topological polar surface area (TPSA) is 71.8 Å². The van der Waals surface area contributed by atoms with Crippen molar-refractivity contribution in [3.8, 4) is 6.07 Å². The molecule has 0 saturated heterocycles. The van der Waals surface area contributed by atoms with Gasteiger partial charge < -0.3 is 10.3 Å². The van der Waals surface area contributed by atoms with E-state index >= 15 is 0 Å². The Balaban J connectivity index is 2.11. The number of rotatable bonds is 4. The van der Waals surface area contributed by atoms with Crippen LogP contribution in [0, 0.1) is 11.3 Å². The Morgan fingerprint density at radius 2 is 1.83 bits per heavy atom. The van der Waals surface area contributed by atoms with Crippen LogP contribution in [0.5, 0.6) is 0 Å². The smallest absolute Gasteiger partial charge is 0.259 e. The molecule has 0 radical (unpaired) electrons. The first-order chi connectivity index (χ1) is 11.2. The van der Waals surface area contributed by atoms with Crippen molar-refractivity contribution in [1.29, 1.82) is 5.26 Å². The summed E-state index contributed by atoms with van der Waals surface area (Å²) < 4.78 is 2.10. The zero-order valence-corrected chi connectivity index (χ0v) is 12.4. The minimum absolute atomic E-state index is 0.0485. The van der Waals surface area contributed by atoms with E-state index in [0.717, 1.165) is 16.5 Å². The minimum Gasteiger partial charge on any atom is -0.365 e. The fraction of sp³-hybridized carbons (Fsp3) is 0.0526. The van der Waals surface area contributed by atoms with Gasteiger partial charge in [-0.15, -0.1) is 0 Å². The number of nitriles is 1. The van der Waals surface area contributed by atoms with Crippen molar-refractivity contribution in [1.82, 2.24) is 4.57 Å². The second-order valence-electron chi connectivity index (χ2n) is 5.25. The van der Waals surface area contributed by atoms with E-state index in [1.165, 1.54) is 5.56 Å². The van der Waals surface area contributed by atoms with Crippen LogP contribution in [-0.2, 0) is 11.3 Å². The van der Waals surface area contributed by atoms with E-state index in [4.69, 9.17) is 11.0 Å². The number of nitrogens with zero attached hydrogens (tertiary/aromatic N) is 2. The molecule has 0 fully saturated rings. The molecule has 1 amide bonds. The van der Waals surface area contributed by atoms with Crippen LogP contribution in [0.4, 0.5) is 0 Å². The van der Waals surface area contributed by atoms with E-state index in [9.17, 15) is 4.79 Å². The van der Waals surface area contributed by atoms with E-state index in [1.807, 2.05) is 54.7 Å². The lowest BCUT2D eigenvalue weighted by atomic mass is 10.1. The molecule has 4 nitrogen and oxygen atoms in total. The highest BCUT2D eigenvalue weighted by Gasteiger charge is 2.10. The first-order valence-corrected chi connectivity index (χ1v) is 7.22. The van der Waals surface area contributed by atoms with Crippen molar-refractivity contribution in [3.63, 3.8) is 0 Å². The summed E-state index contributed by atoms with van der Waals surface area (Å²) in [7, 11) is 0. The molecule has 0 unspecified atom stereocenters. The van der Waals surface area contributed by atoms with Crippen molar-refractivity contribution in [3.05, 3.63) is 77.5 Å². The maximum atomic E-state index is 11.3. The predicted octanol–water partition coefficient (Wildman–Crippen LogP) is 3.08. The highest BCUT2D eigenvalue weighted by atomic mass is 16.1. The quantitative estimate of drug-likeness (QED) is 0.594. The predicted molar refractivity (Wildman–Crippen MR) is 90.3 cm³/mol. The van der Waals surface area contributed by atoms with Crippen molar-refractivity contribution < 1.29 is 4.79 Å². The van der Waals surface area contributed by atoms with Crippen LogP contribution in [0.2, 0.25) is 0 Å². The molecule has 0 spiro atoms. The Morgan fingerprint density at radius 3 is 2.52 bits per heavy atom. The van der Waals surface area contributed by atoms with Gasteiger partial charge in [-0.05, 0) is 17.7 Å². The Labute approximate surface area is 134 Å². The molecular formula is C19H15N3O. The third-order valence-corrected chi connectivity index (χ3v) is 3.70. The van der Waals surface area contributed by atoms with Gasteiger partial charge in [-0.1, -0.05) is 48.5 Å². The summed E-state index contributed by atoms with van der Waals surface area (Å²) in [6, 6.07) is 19.9. The maximum Gasteiger partial charge on any atom is 0.259 e. The Kier molecular flexibility index (Phi) is 3.94. The van der Waals surface area contributed by atoms with Crippen molar-refractivity contribution in [2.75, 3.05) is 0 Å². The molecule has 0 aliphatic carbocycles. The second-order valence-corrected chi connectivity index (χ2v) is 5.25. The first kappa shape index (κ1) is 14.6. The summed E-state index contributed by atoms with van der Waals surface area (Å²) in [6.07, 6.45) is 3.49. The SMILES string of the molecule is N#C/C(=C/c1cn(Cc2ccccc2)c2ccccc12)C(N)=O. The monoisotopic (exact) mass is 301 g/mol. The number of carbonyl (C=O) groups is 1. The van der Waals surface area contributed by atoms with Crippen LogP contribution in [-0.4, -0.2) is 10.5 Å². The van der Waals surface area contributed by atoms with E-state index in [1.54, 1.807) is 6.08 Å². The molecule has 1 heterocycles. The number of primary amides is 1. The van der Waals surface area contributed by atoms with Gasteiger partial charge in [-0.2, -0.15) is 5.26 Å². The molecule has 0 atom stereocenters. The van der Waals surface area contributed by atoms with Gasteiger partial charge in [0.1, 0.15) is 11.6 Å². The van der Waals surface area contributed by atoms with Gasteiger partial charge in [0.2, 0.25) is 0 Å². The molecule has 0 saturated carbocycles. The number of carbonyl (C=O) groups excluding carboxylic acids is 1. The third-order valence-electron chi connectivity index (χ3n) is 3.70. The van der Waals surface area contributed by atoms with Crippen LogP contribution in [0.3, 0.4) is 0 Å². The second kappa shape index (κ2) is 6.20. The average molecular weight is 301 g/mol. The maximum absolute atomic E-state index is 11.3. The van der Waals surface area contributed by atoms with E-state index in [2.05, 4.69) is 16.7 Å². The molecule has 4 heteroatoms. The molecule has 2 N–H and O–H groups in total. The number of hydrogen-bond acceptors (Lipinski definition) is 2. The molecule has 0 aliphatic heterocycles. The van der Waals surface area contributed by atoms with Gasteiger partial charge >= 0.3 is 0 Å². The van der Waals surface area contributed by atoms with Gasteiger partial charge in [0, 0.05) is 29.2 Å². The van der Waals surface area contributed by atoms with Crippen LogP contribution in [0.1, 0.15) is 11.1 Å². The molecule has 112 valence electrons. The van der Waals surface area contributed by atoms with Crippen molar-refractivity contribution >= 4 is 22.9 Å². The number of para-hydroxylation sites is 1. The third kappa shape index (κ3) is 2.99. The van der Waals surface area contributed by atoms with Gasteiger partial charge in [-0.3, -0.25) is 4.79 Å². The largest absolute Gasteiger partial charge is 0.365 e. The van der Waals surface area contributed by atoms with E-state index in [0.29, 0.717) is 6.54 Å². The fourth-order valence-corrected chi connectivity index (χ4v) is 2.62. The normalized spacial score (nSPS) is 11.3. The van der Waals surface area contributed by atoms with Crippen LogP contribution in [0.15, 0.2) is 66.4 Å². The van der Waals surface area contributed by atoms with Gasteiger partial charge in [0.25, 0.3) is 5.91 Å². The molecule has 2 aromatic carbocycles. The molecule has 0 aliphatic rings. The fourth-order valence-electron chi connectivity index (χ4n) is 2.62. The number of nitrogens with two attached hydrogens (primary N) is 1. The highest BCUT2D eigenvalue weighted by molar-refractivity contribution is 6.03. The molecule has 23 heavy (non-hydrogen) atoms. The van der Waals surface area contributed by atoms with Crippen molar-refractivity contribution in [2.45, 2.75) is 6.54 Å².